The second-order valence-electron chi connectivity index (χ2n) is 10.0. The van der Waals surface area contributed by atoms with Crippen LogP contribution in [0.3, 0.4) is 0 Å². The summed E-state index contributed by atoms with van der Waals surface area (Å²) in [6.07, 6.45) is 1.06. The zero-order chi connectivity index (χ0) is 26.5. The lowest BCUT2D eigenvalue weighted by Crippen LogP contribution is -2.68. The Labute approximate surface area is 215 Å². The summed E-state index contributed by atoms with van der Waals surface area (Å²) in [5.74, 6) is -7.52. The van der Waals surface area contributed by atoms with E-state index in [0.717, 1.165) is 17.4 Å². The summed E-state index contributed by atoms with van der Waals surface area (Å²) in [6, 6.07) is 2.15. The highest BCUT2D eigenvalue weighted by Crippen LogP contribution is 2.49. The van der Waals surface area contributed by atoms with Crippen LogP contribution in [0.1, 0.15) is 49.0 Å². The summed E-state index contributed by atoms with van der Waals surface area (Å²) >= 11 is 6.13. The molecule has 0 radical (unpaired) electrons. The van der Waals surface area contributed by atoms with E-state index in [-0.39, 0.29) is 46.8 Å². The number of aromatic amines is 1. The third kappa shape index (κ3) is 4.52. The molecule has 3 amide bonds. The van der Waals surface area contributed by atoms with E-state index in [9.17, 15) is 32.8 Å². The molecular weight excluding hydrogens is 511 g/mol. The first-order chi connectivity index (χ1) is 17.6. The number of fused-ring (bicyclic) bond motifs is 4. The fraction of sp³-hybridized carbons (Fsp3) is 0.520. The molecule has 4 aliphatic rings. The number of hydrogen-bond acceptors (Lipinski definition) is 4. The van der Waals surface area contributed by atoms with Crippen molar-refractivity contribution in [3.05, 3.63) is 34.7 Å². The second kappa shape index (κ2) is 9.56. The van der Waals surface area contributed by atoms with E-state index in [1.807, 2.05) is 6.07 Å². The molecular formula is C25H25ClF3N5O3. The maximum atomic E-state index is 15.0. The smallest absolute Gasteiger partial charge is 0.271 e. The Morgan fingerprint density at radius 2 is 2.08 bits per heavy atom. The molecule has 1 aliphatic carbocycles. The van der Waals surface area contributed by atoms with Gasteiger partial charge < -0.3 is 20.5 Å². The number of alkyl halides is 2. The summed E-state index contributed by atoms with van der Waals surface area (Å²) in [5, 5.41) is 15.1. The van der Waals surface area contributed by atoms with Crippen LogP contribution in [0.5, 0.6) is 0 Å². The molecule has 12 heteroatoms. The Morgan fingerprint density at radius 1 is 1.30 bits per heavy atom. The van der Waals surface area contributed by atoms with Crippen molar-refractivity contribution in [3.8, 4) is 6.07 Å². The lowest BCUT2D eigenvalue weighted by molar-refractivity contribution is -0.179. The summed E-state index contributed by atoms with van der Waals surface area (Å²) in [4.78, 5) is 43.1. The first kappa shape index (κ1) is 25.4. The van der Waals surface area contributed by atoms with Crippen LogP contribution in [0.15, 0.2) is 18.2 Å². The molecule has 2 aromatic rings. The Balaban J connectivity index is 1.43. The maximum Gasteiger partial charge on any atom is 0.271 e. The molecule has 196 valence electrons. The highest BCUT2D eigenvalue weighted by molar-refractivity contribution is 6.35. The Kier molecular flexibility index (Phi) is 6.56. The van der Waals surface area contributed by atoms with Crippen LogP contribution in [0.25, 0.3) is 10.9 Å². The molecule has 3 N–H and O–H groups in total. The minimum atomic E-state index is -3.18. The normalized spacial score (nSPS) is 27.4. The zero-order valence-electron chi connectivity index (χ0n) is 19.7. The number of nitriles is 1. The number of amides is 3. The molecule has 8 nitrogen and oxygen atoms in total. The van der Waals surface area contributed by atoms with E-state index in [2.05, 4.69) is 15.6 Å². The van der Waals surface area contributed by atoms with Gasteiger partial charge in [0.25, 0.3) is 11.8 Å². The van der Waals surface area contributed by atoms with Crippen LogP contribution in [-0.4, -0.2) is 58.2 Å². The molecule has 2 bridgehead atoms. The summed E-state index contributed by atoms with van der Waals surface area (Å²) < 4.78 is 44.2. The number of H-pyrrole nitrogens is 1. The minimum absolute atomic E-state index is 0.0366. The van der Waals surface area contributed by atoms with Gasteiger partial charge in [-0.2, -0.15) is 5.26 Å². The molecule has 1 saturated carbocycles. The van der Waals surface area contributed by atoms with Crippen molar-refractivity contribution in [1.29, 1.82) is 5.26 Å². The van der Waals surface area contributed by atoms with Crippen molar-refractivity contribution in [2.75, 3.05) is 6.54 Å². The molecule has 4 heterocycles. The Morgan fingerprint density at radius 3 is 2.76 bits per heavy atom. The number of rotatable bonds is 5. The van der Waals surface area contributed by atoms with E-state index >= 15 is 0 Å². The van der Waals surface area contributed by atoms with Crippen molar-refractivity contribution < 1.29 is 27.6 Å². The highest BCUT2D eigenvalue weighted by Gasteiger charge is 2.60. The summed E-state index contributed by atoms with van der Waals surface area (Å²) in [6.45, 7) is 0.541. The predicted octanol–water partition coefficient (Wildman–Crippen LogP) is 3.51. The van der Waals surface area contributed by atoms with E-state index in [4.69, 9.17) is 11.6 Å². The van der Waals surface area contributed by atoms with E-state index in [0.29, 0.717) is 13.0 Å². The van der Waals surface area contributed by atoms with Crippen LogP contribution in [0.2, 0.25) is 5.02 Å². The Hall–Kier alpha value is -3.26. The van der Waals surface area contributed by atoms with Gasteiger partial charge in [0, 0.05) is 30.3 Å². The van der Waals surface area contributed by atoms with Gasteiger partial charge in [-0.15, -0.1) is 0 Å². The topological polar surface area (TPSA) is 118 Å². The number of aromatic nitrogens is 1. The van der Waals surface area contributed by atoms with Crippen molar-refractivity contribution in [2.45, 2.75) is 62.6 Å². The lowest BCUT2D eigenvalue weighted by Gasteiger charge is -2.53. The van der Waals surface area contributed by atoms with Crippen LogP contribution in [-0.2, 0) is 9.59 Å². The number of carbonyl (C=O) groups is 3. The van der Waals surface area contributed by atoms with Gasteiger partial charge in [-0.25, -0.2) is 13.2 Å². The van der Waals surface area contributed by atoms with Gasteiger partial charge in [-0.3, -0.25) is 14.4 Å². The number of nitrogens with one attached hydrogen (secondary N) is 3. The fourth-order valence-corrected chi connectivity index (χ4v) is 6.16. The first-order valence-corrected chi connectivity index (χ1v) is 12.6. The monoisotopic (exact) mass is 535 g/mol. The van der Waals surface area contributed by atoms with Gasteiger partial charge in [0.05, 0.1) is 22.5 Å². The van der Waals surface area contributed by atoms with Gasteiger partial charge in [0.2, 0.25) is 11.8 Å². The number of piperidine rings is 3. The van der Waals surface area contributed by atoms with Crippen LogP contribution >= 0.6 is 11.6 Å². The largest absolute Gasteiger partial charge is 0.356 e. The molecule has 1 aromatic carbocycles. The van der Waals surface area contributed by atoms with E-state index in [1.165, 1.54) is 12.1 Å². The van der Waals surface area contributed by atoms with Crippen LogP contribution < -0.4 is 10.6 Å². The number of benzene rings is 1. The van der Waals surface area contributed by atoms with Gasteiger partial charge in [0.1, 0.15) is 23.6 Å². The number of hydrogen-bond donors (Lipinski definition) is 3. The third-order valence-corrected chi connectivity index (χ3v) is 8.07. The summed E-state index contributed by atoms with van der Waals surface area (Å²) in [5.41, 5.74) is 0.111. The minimum Gasteiger partial charge on any atom is -0.356 e. The number of halogens is 4. The van der Waals surface area contributed by atoms with Crippen LogP contribution in [0, 0.1) is 29.0 Å². The molecule has 0 unspecified atom stereocenters. The molecule has 3 saturated heterocycles. The fourth-order valence-electron chi connectivity index (χ4n) is 5.95. The quantitative estimate of drug-likeness (QED) is 0.543. The molecule has 1 aromatic heterocycles. The molecule has 37 heavy (non-hydrogen) atoms. The van der Waals surface area contributed by atoms with E-state index < -0.39 is 59.9 Å². The van der Waals surface area contributed by atoms with Crippen molar-refractivity contribution in [1.82, 2.24) is 20.5 Å². The van der Waals surface area contributed by atoms with Gasteiger partial charge in [0.15, 0.2) is 0 Å². The van der Waals surface area contributed by atoms with Gasteiger partial charge in [-0.1, -0.05) is 11.6 Å². The van der Waals surface area contributed by atoms with Crippen molar-refractivity contribution in [2.24, 2.45) is 11.8 Å². The summed E-state index contributed by atoms with van der Waals surface area (Å²) in [7, 11) is 0. The molecule has 6 rings (SSSR count). The van der Waals surface area contributed by atoms with Crippen molar-refractivity contribution >= 4 is 40.2 Å². The molecule has 0 spiro atoms. The Bertz CT molecular complexity index is 1270. The van der Waals surface area contributed by atoms with Crippen LogP contribution in [0.4, 0.5) is 13.2 Å². The number of nitrogens with zero attached hydrogens (tertiary/aromatic N) is 2. The SMILES string of the molecule is N#C[C@H](C[C@@H]1CCCNC1=O)NC(=O)[C@@H]1[C@@H]2CC[C@@H](CC2(F)F)N1C(=O)c1cc2c(F)ccc(Cl)c2[nH]1. The van der Waals surface area contributed by atoms with Crippen molar-refractivity contribution in [3.63, 3.8) is 0 Å². The highest BCUT2D eigenvalue weighted by atomic mass is 35.5. The number of carbonyl (C=O) groups excluding carboxylic acids is 3. The standard InChI is InChI=1S/C25H25ClF3N5O3/c26-17-5-6-18(27)15-9-19(33-20(15)17)24(37)34-14-3-4-16(25(28,29)10-14)21(34)23(36)32-13(11-30)8-12-2-1-7-31-22(12)35/h5-6,9,12-14,16,21,33H,1-4,7-8,10H2,(H,31,35)(H,32,36)/t12-,13-,14-,16-,21-/m0/s1. The van der Waals surface area contributed by atoms with Gasteiger partial charge >= 0.3 is 0 Å². The third-order valence-electron chi connectivity index (χ3n) is 7.75. The zero-order valence-corrected chi connectivity index (χ0v) is 20.5. The average Bonchev–Trinajstić information content (AvgIpc) is 3.33. The molecule has 3 aliphatic heterocycles. The molecule has 5 atom stereocenters. The predicted molar refractivity (Wildman–Crippen MR) is 127 cm³/mol. The van der Waals surface area contributed by atoms with Gasteiger partial charge in [-0.05, 0) is 50.3 Å². The first-order valence-electron chi connectivity index (χ1n) is 12.3. The lowest BCUT2D eigenvalue weighted by atomic mass is 9.71. The maximum absolute atomic E-state index is 15.0. The second-order valence-corrected chi connectivity index (χ2v) is 10.4. The average molecular weight is 536 g/mol. The van der Waals surface area contributed by atoms with E-state index in [1.54, 1.807) is 0 Å². The molecule has 4 fully saturated rings.